The van der Waals surface area contributed by atoms with Crippen molar-refractivity contribution in [2.75, 3.05) is 14.2 Å². The Kier molecular flexibility index (Phi) is 10.9. The van der Waals surface area contributed by atoms with Crippen LogP contribution in [0.3, 0.4) is 0 Å². The van der Waals surface area contributed by atoms with Gasteiger partial charge in [-0.15, -0.1) is 0 Å². The topological polar surface area (TPSA) is 18.5 Å². The molecule has 0 fully saturated rings. The van der Waals surface area contributed by atoms with Crippen LogP contribution < -0.4 is 9.47 Å². The molecule has 1 aliphatic carbocycles. The van der Waals surface area contributed by atoms with Crippen molar-refractivity contribution in [3.05, 3.63) is 71.8 Å². The summed E-state index contributed by atoms with van der Waals surface area (Å²) in [6.07, 6.45) is 18.5. The highest BCUT2D eigenvalue weighted by atomic mass is 16.5. The van der Waals surface area contributed by atoms with E-state index in [9.17, 15) is 0 Å². The van der Waals surface area contributed by atoms with Crippen LogP contribution in [0.15, 0.2) is 60.7 Å². The van der Waals surface area contributed by atoms with Gasteiger partial charge in [0.2, 0.25) is 0 Å². The Balaban J connectivity index is 1.72. The van der Waals surface area contributed by atoms with Crippen molar-refractivity contribution in [1.29, 1.82) is 0 Å². The molecule has 0 unspecified atom stereocenters. The van der Waals surface area contributed by atoms with Crippen LogP contribution in [0.2, 0.25) is 0 Å². The van der Waals surface area contributed by atoms with Gasteiger partial charge in [0.25, 0.3) is 0 Å². The van der Waals surface area contributed by atoms with Crippen molar-refractivity contribution < 1.29 is 9.47 Å². The summed E-state index contributed by atoms with van der Waals surface area (Å²) in [6.45, 7) is 4.60. The Morgan fingerprint density at radius 2 is 1.15 bits per heavy atom. The van der Waals surface area contributed by atoms with Crippen LogP contribution in [0, 0.1) is 0 Å². The lowest BCUT2D eigenvalue weighted by Gasteiger charge is -2.33. The molecule has 2 nitrogen and oxygen atoms in total. The van der Waals surface area contributed by atoms with E-state index < -0.39 is 0 Å². The van der Waals surface area contributed by atoms with Crippen LogP contribution in [0.4, 0.5) is 0 Å². The van der Waals surface area contributed by atoms with Gasteiger partial charge in [-0.2, -0.15) is 0 Å². The van der Waals surface area contributed by atoms with E-state index in [1.54, 1.807) is 19.8 Å². The maximum Gasteiger partial charge on any atom is 0.126 e. The van der Waals surface area contributed by atoms with E-state index in [0.717, 1.165) is 17.1 Å². The molecule has 1 aliphatic rings. The predicted octanol–water partition coefficient (Wildman–Crippen LogP) is 11.1. The molecule has 0 aromatic heterocycles. The minimum atomic E-state index is 0.0869. The summed E-state index contributed by atoms with van der Waals surface area (Å²) >= 11 is 0. The van der Waals surface area contributed by atoms with E-state index in [-0.39, 0.29) is 5.41 Å². The number of fused-ring (bicyclic) bond motifs is 3. The lowest BCUT2D eigenvalue weighted by molar-refractivity contribution is 0.397. The summed E-state index contributed by atoms with van der Waals surface area (Å²) in [5.41, 5.74) is 8.34. The Hall–Kier alpha value is -2.74. The fraction of sp³-hybridized carbons (Fsp3) is 0.514. The SMILES string of the molecule is CCCCCCCCC1(CCCCCCCC)c2ccccc2-c2ccc(-c3cc(OC)ccc3OC)cc21. The largest absolute Gasteiger partial charge is 0.497 e. The maximum atomic E-state index is 5.80. The highest BCUT2D eigenvalue weighted by Crippen LogP contribution is 2.55. The third kappa shape index (κ3) is 6.71. The second-order valence-corrected chi connectivity index (χ2v) is 11.5. The van der Waals surface area contributed by atoms with Crippen LogP contribution in [-0.2, 0) is 5.41 Å². The maximum absolute atomic E-state index is 5.80. The molecule has 3 aromatic carbocycles. The minimum Gasteiger partial charge on any atom is -0.497 e. The summed E-state index contributed by atoms with van der Waals surface area (Å²) in [5.74, 6) is 1.75. The van der Waals surface area contributed by atoms with E-state index in [4.69, 9.17) is 9.47 Å². The summed E-state index contributed by atoms with van der Waals surface area (Å²) in [4.78, 5) is 0. The van der Waals surface area contributed by atoms with Crippen molar-refractivity contribution >= 4 is 0 Å². The Morgan fingerprint density at radius 3 is 1.79 bits per heavy atom. The second-order valence-electron chi connectivity index (χ2n) is 11.5. The molecule has 39 heavy (non-hydrogen) atoms. The fourth-order valence-electron chi connectivity index (χ4n) is 6.74. The zero-order chi connectivity index (χ0) is 27.5. The summed E-state index contributed by atoms with van der Waals surface area (Å²) < 4.78 is 11.4. The van der Waals surface area contributed by atoms with Crippen molar-refractivity contribution in [2.24, 2.45) is 0 Å². The zero-order valence-corrected chi connectivity index (χ0v) is 25.0. The highest BCUT2D eigenvalue weighted by molar-refractivity contribution is 5.85. The predicted molar refractivity (Wildman–Crippen MR) is 167 cm³/mol. The van der Waals surface area contributed by atoms with E-state index in [2.05, 4.69) is 62.4 Å². The Labute approximate surface area is 238 Å². The van der Waals surface area contributed by atoms with Gasteiger partial charge in [-0.05, 0) is 64.9 Å². The number of ether oxygens (including phenoxy) is 2. The van der Waals surface area contributed by atoms with Crippen LogP contribution in [0.1, 0.15) is 115 Å². The summed E-state index contributed by atoms with van der Waals surface area (Å²) in [6, 6.07) is 22.5. The monoisotopic (exact) mass is 526 g/mol. The molecule has 0 atom stereocenters. The van der Waals surface area contributed by atoms with Crippen molar-refractivity contribution in [1.82, 2.24) is 0 Å². The van der Waals surface area contributed by atoms with Gasteiger partial charge in [-0.1, -0.05) is 127 Å². The van der Waals surface area contributed by atoms with Gasteiger partial charge < -0.3 is 9.47 Å². The van der Waals surface area contributed by atoms with Crippen LogP contribution in [0.25, 0.3) is 22.3 Å². The molecule has 0 saturated heterocycles. The molecule has 0 aliphatic heterocycles. The molecule has 0 saturated carbocycles. The number of methoxy groups -OCH3 is 2. The third-order valence-electron chi connectivity index (χ3n) is 8.90. The summed E-state index contributed by atoms with van der Waals surface area (Å²) in [7, 11) is 3.49. The molecule has 210 valence electrons. The Bertz CT molecular complexity index is 1160. The molecular formula is C37H50O2. The number of hydrogen-bond donors (Lipinski definition) is 0. The molecule has 0 heterocycles. The van der Waals surface area contributed by atoms with Crippen molar-refractivity contribution in [3.8, 4) is 33.8 Å². The van der Waals surface area contributed by atoms with Gasteiger partial charge in [0.1, 0.15) is 11.5 Å². The van der Waals surface area contributed by atoms with Crippen molar-refractivity contribution in [3.63, 3.8) is 0 Å². The Morgan fingerprint density at radius 1 is 0.538 bits per heavy atom. The van der Waals surface area contributed by atoms with E-state index in [0.29, 0.717) is 0 Å². The molecule has 0 bridgehead atoms. The standard InChI is InChI=1S/C37H50O2/c1-5-7-9-11-13-17-25-37(26-18-14-12-10-8-6-2)34-20-16-15-19-31(34)32-23-21-29(27-35(32)37)33-28-30(38-3)22-24-36(33)39-4/h15-16,19-24,27-28H,5-14,17-18,25-26H2,1-4H3. The molecule has 3 aromatic rings. The van der Waals surface area contributed by atoms with E-state index in [1.807, 2.05) is 12.1 Å². The number of benzene rings is 3. The normalized spacial score (nSPS) is 13.2. The zero-order valence-electron chi connectivity index (χ0n) is 25.0. The van der Waals surface area contributed by atoms with Crippen molar-refractivity contribution in [2.45, 2.75) is 109 Å². The van der Waals surface area contributed by atoms with Gasteiger partial charge >= 0.3 is 0 Å². The molecule has 0 amide bonds. The molecule has 0 spiro atoms. The van der Waals surface area contributed by atoms with Gasteiger partial charge in [-0.3, -0.25) is 0 Å². The first-order valence-corrected chi connectivity index (χ1v) is 15.6. The molecular weight excluding hydrogens is 476 g/mol. The molecule has 0 N–H and O–H groups in total. The lowest BCUT2D eigenvalue weighted by atomic mass is 9.70. The van der Waals surface area contributed by atoms with Gasteiger partial charge in [0, 0.05) is 11.0 Å². The van der Waals surface area contributed by atoms with E-state index in [1.165, 1.54) is 112 Å². The lowest BCUT2D eigenvalue weighted by Crippen LogP contribution is -2.25. The second kappa shape index (κ2) is 14.6. The smallest absolute Gasteiger partial charge is 0.126 e. The fourth-order valence-corrected chi connectivity index (χ4v) is 6.74. The van der Waals surface area contributed by atoms with Crippen LogP contribution in [-0.4, -0.2) is 14.2 Å². The average Bonchev–Trinajstić information content (AvgIpc) is 3.25. The molecule has 2 heteroatoms. The highest BCUT2D eigenvalue weighted by Gasteiger charge is 2.42. The quantitative estimate of drug-likeness (QED) is 0.163. The average molecular weight is 527 g/mol. The molecule has 4 rings (SSSR count). The number of unbranched alkanes of at least 4 members (excludes halogenated alkanes) is 10. The van der Waals surface area contributed by atoms with Crippen LogP contribution in [0.5, 0.6) is 11.5 Å². The summed E-state index contributed by atoms with van der Waals surface area (Å²) in [5, 5.41) is 0. The van der Waals surface area contributed by atoms with Gasteiger partial charge in [0.05, 0.1) is 14.2 Å². The van der Waals surface area contributed by atoms with Crippen LogP contribution >= 0.6 is 0 Å². The first-order chi connectivity index (χ1) is 19.2. The van der Waals surface area contributed by atoms with Gasteiger partial charge in [-0.25, -0.2) is 0 Å². The van der Waals surface area contributed by atoms with Gasteiger partial charge in [0.15, 0.2) is 0 Å². The first-order valence-electron chi connectivity index (χ1n) is 15.6. The minimum absolute atomic E-state index is 0.0869. The first kappa shape index (κ1) is 29.2. The molecule has 0 radical (unpaired) electrons. The number of rotatable bonds is 17. The van der Waals surface area contributed by atoms with E-state index >= 15 is 0 Å². The number of hydrogen-bond acceptors (Lipinski definition) is 2. The third-order valence-corrected chi connectivity index (χ3v) is 8.90.